The Labute approximate surface area is 122 Å². The van der Waals surface area contributed by atoms with Crippen molar-refractivity contribution in [3.63, 3.8) is 0 Å². The van der Waals surface area contributed by atoms with Crippen LogP contribution in [0, 0.1) is 11.8 Å². The Hall–Kier alpha value is -1.47. The maximum absolute atomic E-state index is 12.6. The van der Waals surface area contributed by atoms with Crippen molar-refractivity contribution in [3.05, 3.63) is 0 Å². The summed E-state index contributed by atoms with van der Waals surface area (Å²) in [4.78, 5) is 13.8. The number of rotatable bonds is 5. The number of hydrogen-bond acceptors (Lipinski definition) is 3. The number of halogens is 3. The summed E-state index contributed by atoms with van der Waals surface area (Å²) >= 11 is 0. The monoisotopic (exact) mass is 309 g/mol. The van der Waals surface area contributed by atoms with Gasteiger partial charge in [0.2, 0.25) is 5.91 Å². The largest absolute Gasteiger partial charge is 0.409 e. The molecule has 0 bridgehead atoms. The van der Waals surface area contributed by atoms with Gasteiger partial charge in [-0.2, -0.15) is 13.2 Å². The van der Waals surface area contributed by atoms with Gasteiger partial charge in [0.1, 0.15) is 5.84 Å². The van der Waals surface area contributed by atoms with Crippen LogP contribution in [0.5, 0.6) is 0 Å². The van der Waals surface area contributed by atoms with Crippen molar-refractivity contribution in [2.24, 2.45) is 22.7 Å². The number of amidine groups is 1. The van der Waals surface area contributed by atoms with E-state index in [9.17, 15) is 18.0 Å². The van der Waals surface area contributed by atoms with Crippen molar-refractivity contribution in [1.29, 1.82) is 0 Å². The molecule has 21 heavy (non-hydrogen) atoms. The molecule has 1 rings (SSSR count). The van der Waals surface area contributed by atoms with Gasteiger partial charge in [0, 0.05) is 25.4 Å². The highest BCUT2D eigenvalue weighted by atomic mass is 19.4. The number of nitrogens with zero attached hydrogens (tertiary/aromatic N) is 2. The lowest BCUT2D eigenvalue weighted by atomic mass is 9.81. The predicted octanol–water partition coefficient (Wildman–Crippen LogP) is 2.34. The van der Waals surface area contributed by atoms with Gasteiger partial charge < -0.3 is 15.8 Å². The fourth-order valence-electron chi connectivity index (χ4n) is 2.65. The first-order chi connectivity index (χ1) is 9.79. The van der Waals surface area contributed by atoms with Crippen LogP contribution in [0.15, 0.2) is 5.16 Å². The smallest absolute Gasteiger partial charge is 0.391 e. The molecule has 8 heteroatoms. The highest BCUT2D eigenvalue weighted by molar-refractivity contribution is 5.82. The molecule has 1 fully saturated rings. The Morgan fingerprint density at radius 1 is 1.33 bits per heavy atom. The van der Waals surface area contributed by atoms with Crippen LogP contribution in [-0.4, -0.2) is 41.1 Å². The first kappa shape index (κ1) is 17.6. The lowest BCUT2D eigenvalue weighted by Gasteiger charge is -2.32. The van der Waals surface area contributed by atoms with Gasteiger partial charge in [0.05, 0.1) is 5.92 Å². The third-order valence-electron chi connectivity index (χ3n) is 4.00. The normalized spacial score (nSPS) is 23.9. The molecule has 0 aromatic rings. The van der Waals surface area contributed by atoms with E-state index in [2.05, 4.69) is 5.16 Å². The summed E-state index contributed by atoms with van der Waals surface area (Å²) in [7, 11) is 0. The summed E-state index contributed by atoms with van der Waals surface area (Å²) in [5.41, 5.74) is 5.36. The second-order valence-electron chi connectivity index (χ2n) is 5.35. The fraction of sp³-hybridized carbons (Fsp3) is 0.846. The molecular weight excluding hydrogens is 287 g/mol. The number of nitrogens with two attached hydrogens (primary N) is 1. The third kappa shape index (κ3) is 5.09. The molecule has 0 aromatic heterocycles. The van der Waals surface area contributed by atoms with Crippen molar-refractivity contribution in [3.8, 4) is 0 Å². The Morgan fingerprint density at radius 3 is 2.33 bits per heavy atom. The minimum atomic E-state index is -4.16. The Balaban J connectivity index is 2.51. The SMILES string of the molecule is CCN(CCC(N)=NO)C(=O)C1CCC(C(F)(F)F)CC1. The van der Waals surface area contributed by atoms with Crippen molar-refractivity contribution < 1.29 is 23.2 Å². The second-order valence-corrected chi connectivity index (χ2v) is 5.35. The molecule has 0 radical (unpaired) electrons. The molecule has 0 unspecified atom stereocenters. The van der Waals surface area contributed by atoms with Crippen molar-refractivity contribution in [2.45, 2.75) is 45.2 Å². The molecule has 1 saturated carbocycles. The maximum Gasteiger partial charge on any atom is 0.391 e. The van der Waals surface area contributed by atoms with Crippen LogP contribution in [0.1, 0.15) is 39.0 Å². The van der Waals surface area contributed by atoms with E-state index in [1.54, 1.807) is 11.8 Å². The zero-order valence-electron chi connectivity index (χ0n) is 12.1. The van der Waals surface area contributed by atoms with Gasteiger partial charge in [-0.05, 0) is 32.6 Å². The van der Waals surface area contributed by atoms with Crippen molar-refractivity contribution >= 4 is 11.7 Å². The van der Waals surface area contributed by atoms with Crippen LogP contribution in [0.3, 0.4) is 0 Å². The lowest BCUT2D eigenvalue weighted by molar-refractivity contribution is -0.185. The Bertz CT molecular complexity index is 377. The van der Waals surface area contributed by atoms with Gasteiger partial charge in [-0.15, -0.1) is 0 Å². The van der Waals surface area contributed by atoms with E-state index in [4.69, 9.17) is 10.9 Å². The summed E-state index contributed by atoms with van der Waals surface area (Å²) in [6.07, 6.45) is -3.36. The first-order valence-corrected chi connectivity index (χ1v) is 7.11. The average Bonchev–Trinajstić information content (AvgIpc) is 2.46. The summed E-state index contributed by atoms with van der Waals surface area (Å²) in [5.74, 6) is -1.74. The molecule has 1 aliphatic rings. The van der Waals surface area contributed by atoms with Crippen LogP contribution in [0.4, 0.5) is 13.2 Å². The minimum Gasteiger partial charge on any atom is -0.409 e. The Morgan fingerprint density at radius 2 is 1.90 bits per heavy atom. The molecule has 3 N–H and O–H groups in total. The number of amides is 1. The zero-order chi connectivity index (χ0) is 16.0. The van der Waals surface area contributed by atoms with Gasteiger partial charge >= 0.3 is 6.18 Å². The Kier molecular flexibility index (Phi) is 6.29. The summed E-state index contributed by atoms with van der Waals surface area (Å²) in [5, 5.41) is 11.3. The topological polar surface area (TPSA) is 78.9 Å². The maximum atomic E-state index is 12.6. The van der Waals surface area contributed by atoms with Crippen LogP contribution in [0.2, 0.25) is 0 Å². The van der Waals surface area contributed by atoms with Gasteiger partial charge in [-0.25, -0.2) is 0 Å². The number of oxime groups is 1. The van der Waals surface area contributed by atoms with Crippen LogP contribution >= 0.6 is 0 Å². The molecule has 5 nitrogen and oxygen atoms in total. The molecule has 0 aliphatic heterocycles. The molecule has 0 aromatic carbocycles. The standard InChI is InChI=1S/C13H22F3N3O2/c1-2-19(8-7-11(17)18-21)12(20)9-3-5-10(6-4-9)13(14,15)16/h9-10,21H,2-8H2,1H3,(H2,17,18). The minimum absolute atomic E-state index is 0.0116. The van der Waals surface area contributed by atoms with E-state index in [0.29, 0.717) is 13.1 Å². The van der Waals surface area contributed by atoms with E-state index < -0.39 is 12.1 Å². The molecule has 122 valence electrons. The number of alkyl halides is 3. The van der Waals surface area contributed by atoms with Crippen LogP contribution in [0.25, 0.3) is 0 Å². The van der Waals surface area contributed by atoms with E-state index in [1.807, 2.05) is 0 Å². The van der Waals surface area contributed by atoms with E-state index in [-0.39, 0.29) is 49.8 Å². The second kappa shape index (κ2) is 7.51. The van der Waals surface area contributed by atoms with Gasteiger partial charge in [-0.3, -0.25) is 4.79 Å². The van der Waals surface area contributed by atoms with Gasteiger partial charge in [0.25, 0.3) is 0 Å². The molecule has 1 amide bonds. The molecule has 0 spiro atoms. The van der Waals surface area contributed by atoms with Crippen LogP contribution < -0.4 is 5.73 Å². The van der Waals surface area contributed by atoms with E-state index in [0.717, 1.165) is 0 Å². The number of carbonyl (C=O) groups excluding carboxylic acids is 1. The summed E-state index contributed by atoms with van der Waals surface area (Å²) in [6.45, 7) is 2.56. The zero-order valence-corrected chi connectivity index (χ0v) is 12.1. The summed E-state index contributed by atoms with van der Waals surface area (Å²) in [6, 6.07) is 0. The van der Waals surface area contributed by atoms with Gasteiger partial charge in [0.15, 0.2) is 0 Å². The highest BCUT2D eigenvalue weighted by Gasteiger charge is 2.42. The summed E-state index contributed by atoms with van der Waals surface area (Å²) < 4.78 is 37.8. The molecular formula is C13H22F3N3O2. The highest BCUT2D eigenvalue weighted by Crippen LogP contribution is 2.39. The molecule has 0 saturated heterocycles. The van der Waals surface area contributed by atoms with Crippen molar-refractivity contribution in [2.75, 3.05) is 13.1 Å². The van der Waals surface area contributed by atoms with Crippen molar-refractivity contribution in [1.82, 2.24) is 4.90 Å². The van der Waals surface area contributed by atoms with E-state index >= 15 is 0 Å². The lowest BCUT2D eigenvalue weighted by Crippen LogP contribution is -2.40. The molecule has 0 heterocycles. The third-order valence-corrected chi connectivity index (χ3v) is 4.00. The van der Waals surface area contributed by atoms with Gasteiger partial charge in [-0.1, -0.05) is 5.16 Å². The predicted molar refractivity (Wildman–Crippen MR) is 71.8 cm³/mol. The van der Waals surface area contributed by atoms with E-state index in [1.165, 1.54) is 0 Å². The average molecular weight is 309 g/mol. The number of carbonyl (C=O) groups is 1. The molecule has 0 atom stereocenters. The first-order valence-electron chi connectivity index (χ1n) is 7.11. The van der Waals surface area contributed by atoms with Crippen LogP contribution in [-0.2, 0) is 4.79 Å². The quantitative estimate of drug-likeness (QED) is 0.354. The molecule has 1 aliphatic carbocycles. The number of hydrogen-bond donors (Lipinski definition) is 2. The fourth-order valence-corrected chi connectivity index (χ4v) is 2.65.